The summed E-state index contributed by atoms with van der Waals surface area (Å²) in [6.45, 7) is 2.02. The van der Waals surface area contributed by atoms with E-state index < -0.39 is 23.6 Å². The molecular formula is C19H18F2NNaO2. The molecule has 126 valence electrons. The maximum absolute atomic E-state index is 14.2. The number of rotatable bonds is 6. The molecule has 6 heteroatoms. The van der Waals surface area contributed by atoms with Gasteiger partial charge in [0.15, 0.2) is 0 Å². The molecule has 0 saturated heterocycles. The number of benzene rings is 2. The second-order valence-corrected chi connectivity index (χ2v) is 5.45. The average Bonchev–Trinajstić information content (AvgIpc) is 2.56. The Bertz CT molecular complexity index is 761. The molecule has 0 aliphatic rings. The third-order valence-corrected chi connectivity index (χ3v) is 3.77. The molecule has 2 aromatic rings. The quantitative estimate of drug-likeness (QED) is 0.708. The summed E-state index contributed by atoms with van der Waals surface area (Å²) in [7, 11) is 0. The molecule has 0 saturated carbocycles. The van der Waals surface area contributed by atoms with Crippen molar-refractivity contribution in [3.63, 3.8) is 0 Å². The summed E-state index contributed by atoms with van der Waals surface area (Å²) in [6.07, 6.45) is 2.38. The van der Waals surface area contributed by atoms with Crippen LogP contribution in [0.1, 0.15) is 30.0 Å². The summed E-state index contributed by atoms with van der Waals surface area (Å²) in [5.74, 6) is -2.78. The van der Waals surface area contributed by atoms with E-state index in [-0.39, 0.29) is 41.5 Å². The number of aliphatic carboxylic acids is 1. The Hall–Kier alpha value is -1.53. The van der Waals surface area contributed by atoms with Crippen LogP contribution in [0.15, 0.2) is 48.5 Å². The van der Waals surface area contributed by atoms with E-state index in [9.17, 15) is 18.7 Å². The molecule has 0 amide bonds. The molecule has 25 heavy (non-hydrogen) atoms. The van der Waals surface area contributed by atoms with Crippen LogP contribution in [0.25, 0.3) is 5.57 Å². The van der Waals surface area contributed by atoms with E-state index in [2.05, 4.69) is 0 Å². The van der Waals surface area contributed by atoms with E-state index in [4.69, 9.17) is 5.73 Å². The van der Waals surface area contributed by atoms with Crippen LogP contribution in [0.2, 0.25) is 0 Å². The zero-order valence-corrected chi connectivity index (χ0v) is 16.3. The van der Waals surface area contributed by atoms with Gasteiger partial charge in [0.25, 0.3) is 0 Å². The molecule has 2 aromatic carbocycles. The van der Waals surface area contributed by atoms with Gasteiger partial charge in [-0.15, -0.1) is 0 Å². The molecule has 0 radical (unpaired) electrons. The first-order valence-corrected chi connectivity index (χ1v) is 7.63. The number of carboxylic acids is 1. The number of carboxylic acid groups (broad SMARTS) is 1. The summed E-state index contributed by atoms with van der Waals surface area (Å²) >= 11 is 0. The molecule has 0 aliphatic heterocycles. The Morgan fingerprint density at radius 1 is 1.20 bits per heavy atom. The number of carbonyl (C=O) groups excluding carboxylic acids is 1. The number of carbonyl (C=O) groups is 1. The van der Waals surface area contributed by atoms with E-state index in [1.807, 2.05) is 31.2 Å². The number of halogens is 2. The van der Waals surface area contributed by atoms with Crippen LogP contribution in [0, 0.1) is 11.6 Å². The molecule has 2 N–H and O–H groups in total. The van der Waals surface area contributed by atoms with Crippen molar-refractivity contribution in [2.75, 3.05) is 0 Å². The maximum atomic E-state index is 14.2. The molecular weight excluding hydrogens is 335 g/mol. The smallest absolute Gasteiger partial charge is 0.548 e. The molecule has 0 aromatic heterocycles. The molecule has 2 rings (SSSR count). The van der Waals surface area contributed by atoms with Gasteiger partial charge in [-0.2, -0.15) is 0 Å². The minimum atomic E-state index is -1.38. The normalized spacial score (nSPS) is 12.4. The fourth-order valence-electron chi connectivity index (χ4n) is 2.35. The van der Waals surface area contributed by atoms with Crippen molar-refractivity contribution in [1.29, 1.82) is 0 Å². The first kappa shape index (κ1) is 21.5. The van der Waals surface area contributed by atoms with Crippen molar-refractivity contribution < 1.29 is 48.2 Å². The summed E-state index contributed by atoms with van der Waals surface area (Å²) < 4.78 is 27.3. The predicted molar refractivity (Wildman–Crippen MR) is 86.9 cm³/mol. The Morgan fingerprint density at radius 3 is 2.36 bits per heavy atom. The van der Waals surface area contributed by atoms with Crippen molar-refractivity contribution >= 4 is 11.5 Å². The number of hydrogen-bond acceptors (Lipinski definition) is 3. The molecule has 3 nitrogen and oxygen atoms in total. The predicted octanol–water partition coefficient (Wildman–Crippen LogP) is -0.570. The van der Waals surface area contributed by atoms with Gasteiger partial charge in [-0.05, 0) is 41.7 Å². The van der Waals surface area contributed by atoms with E-state index >= 15 is 0 Å². The Labute approximate surface area is 167 Å². The van der Waals surface area contributed by atoms with E-state index in [1.165, 1.54) is 12.1 Å². The van der Waals surface area contributed by atoms with Gasteiger partial charge >= 0.3 is 29.6 Å². The van der Waals surface area contributed by atoms with Crippen LogP contribution in [0.5, 0.6) is 0 Å². The van der Waals surface area contributed by atoms with Gasteiger partial charge in [-0.25, -0.2) is 8.78 Å². The molecule has 0 aliphatic carbocycles. The van der Waals surface area contributed by atoms with Crippen molar-refractivity contribution in [3.8, 4) is 0 Å². The summed E-state index contributed by atoms with van der Waals surface area (Å²) in [5.41, 5.74) is 7.93. The summed E-state index contributed by atoms with van der Waals surface area (Å²) in [5, 5.41) is 10.8. The van der Waals surface area contributed by atoms with Crippen LogP contribution in [-0.2, 0) is 11.2 Å². The fraction of sp³-hybridized carbons (Fsp3) is 0.211. The van der Waals surface area contributed by atoms with Crippen LogP contribution < -0.4 is 40.4 Å². The zero-order chi connectivity index (χ0) is 17.7. The third kappa shape index (κ3) is 5.75. The van der Waals surface area contributed by atoms with E-state index in [1.54, 1.807) is 0 Å². The van der Waals surface area contributed by atoms with Gasteiger partial charge in [-0.3, -0.25) is 0 Å². The van der Waals surface area contributed by atoms with Crippen molar-refractivity contribution in [2.24, 2.45) is 5.73 Å². The fourth-order valence-corrected chi connectivity index (χ4v) is 2.35. The van der Waals surface area contributed by atoms with Crippen LogP contribution in [-0.4, -0.2) is 12.0 Å². The maximum Gasteiger partial charge on any atom is 1.00 e. The minimum Gasteiger partial charge on any atom is -0.548 e. The standard InChI is InChI=1S/C19H19F2NO2.Na/c1-2-12-3-5-13(6-4-12)15(9-10-18(22)19(23)24)16-8-7-14(20)11-17(16)21;/h3-9,11,18H,2,10,22H2,1H3,(H,23,24);/q;+1/p-1/b15-9-;. The molecule has 0 bridgehead atoms. The molecule has 0 heterocycles. The van der Waals surface area contributed by atoms with Gasteiger partial charge in [-0.1, -0.05) is 37.3 Å². The van der Waals surface area contributed by atoms with Gasteiger partial charge in [0.2, 0.25) is 0 Å². The van der Waals surface area contributed by atoms with Gasteiger partial charge in [0.05, 0.1) is 5.97 Å². The van der Waals surface area contributed by atoms with Crippen LogP contribution in [0.3, 0.4) is 0 Å². The largest absolute Gasteiger partial charge is 1.00 e. The molecule has 0 spiro atoms. The molecule has 1 unspecified atom stereocenters. The Morgan fingerprint density at radius 2 is 1.84 bits per heavy atom. The Balaban J connectivity index is 0.00000312. The van der Waals surface area contributed by atoms with Crippen molar-refractivity contribution in [2.45, 2.75) is 25.8 Å². The van der Waals surface area contributed by atoms with E-state index in [0.29, 0.717) is 11.1 Å². The average molecular weight is 353 g/mol. The third-order valence-electron chi connectivity index (χ3n) is 3.77. The molecule has 1 atom stereocenters. The van der Waals surface area contributed by atoms with E-state index in [0.717, 1.165) is 24.1 Å². The van der Waals surface area contributed by atoms with Crippen molar-refractivity contribution in [3.05, 3.63) is 76.9 Å². The van der Waals surface area contributed by atoms with Crippen LogP contribution in [0.4, 0.5) is 8.78 Å². The SMILES string of the molecule is CCc1ccc(/C(=C/CC(N)C(=O)[O-])c2ccc(F)cc2F)cc1.[Na+]. The Kier molecular flexibility index (Phi) is 8.45. The minimum absolute atomic E-state index is 0. The summed E-state index contributed by atoms with van der Waals surface area (Å²) in [6, 6.07) is 9.53. The zero-order valence-electron chi connectivity index (χ0n) is 14.3. The van der Waals surface area contributed by atoms with Gasteiger partial charge in [0.1, 0.15) is 11.6 Å². The van der Waals surface area contributed by atoms with Gasteiger partial charge < -0.3 is 15.6 Å². The number of aryl methyl sites for hydroxylation is 1. The second-order valence-electron chi connectivity index (χ2n) is 5.45. The topological polar surface area (TPSA) is 66.2 Å². The monoisotopic (exact) mass is 353 g/mol. The van der Waals surface area contributed by atoms with Gasteiger partial charge in [0, 0.05) is 17.7 Å². The molecule has 0 fully saturated rings. The number of nitrogens with two attached hydrogens (primary N) is 1. The first-order valence-electron chi connectivity index (χ1n) is 7.63. The number of hydrogen-bond donors (Lipinski definition) is 1. The second kappa shape index (κ2) is 9.82. The summed E-state index contributed by atoms with van der Waals surface area (Å²) in [4.78, 5) is 10.8. The van der Waals surface area contributed by atoms with Crippen LogP contribution >= 0.6 is 0 Å². The first-order chi connectivity index (χ1) is 11.4. The van der Waals surface area contributed by atoms with Crippen molar-refractivity contribution in [1.82, 2.24) is 0 Å².